The van der Waals surface area contributed by atoms with Gasteiger partial charge in [-0.3, -0.25) is 9.59 Å². The predicted octanol–water partition coefficient (Wildman–Crippen LogP) is 1.79. The van der Waals surface area contributed by atoms with Crippen LogP contribution in [0.15, 0.2) is 40.3 Å². The molecule has 1 aromatic carbocycles. The maximum absolute atomic E-state index is 14.2. The summed E-state index contributed by atoms with van der Waals surface area (Å²) in [5.41, 5.74) is 4.93. The van der Waals surface area contributed by atoms with Crippen LogP contribution in [-0.4, -0.2) is 44.2 Å². The molecular formula is C18H18F4N4O5S. The third-order valence-corrected chi connectivity index (χ3v) is 5.46. The van der Waals surface area contributed by atoms with Crippen LogP contribution in [0.5, 0.6) is 5.75 Å². The molecule has 0 saturated carbocycles. The van der Waals surface area contributed by atoms with Gasteiger partial charge in [-0.2, -0.15) is 0 Å². The number of carbonyl (C=O) groups is 2. The van der Waals surface area contributed by atoms with Crippen LogP contribution >= 0.6 is 0 Å². The number of pyridine rings is 1. The van der Waals surface area contributed by atoms with Gasteiger partial charge in [0, 0.05) is 18.3 Å². The number of aromatic nitrogens is 1. The molecule has 1 heterocycles. The van der Waals surface area contributed by atoms with Crippen molar-refractivity contribution < 1.29 is 40.3 Å². The topological polar surface area (TPSA) is 140 Å². The lowest BCUT2D eigenvalue weighted by Crippen LogP contribution is -2.40. The van der Waals surface area contributed by atoms with Crippen LogP contribution in [0, 0.1) is 5.82 Å². The van der Waals surface area contributed by atoms with E-state index in [1.54, 1.807) is 13.8 Å². The minimum atomic E-state index is -5.09. The number of carbonyl (C=O) groups excluding carboxylic acids is 2. The number of nitrogens with one attached hydrogen (secondary N) is 2. The molecule has 0 aliphatic rings. The van der Waals surface area contributed by atoms with E-state index in [2.05, 4.69) is 20.4 Å². The second-order valence-electron chi connectivity index (χ2n) is 6.66. The van der Waals surface area contributed by atoms with Crippen molar-refractivity contribution in [1.82, 2.24) is 15.6 Å². The van der Waals surface area contributed by atoms with Crippen LogP contribution in [0.25, 0.3) is 0 Å². The van der Waals surface area contributed by atoms with Crippen molar-refractivity contribution in [1.29, 1.82) is 0 Å². The molecule has 0 spiro atoms. The van der Waals surface area contributed by atoms with Gasteiger partial charge in [0.05, 0.1) is 17.1 Å². The number of hydrogen-bond donors (Lipinski definition) is 3. The van der Waals surface area contributed by atoms with Crippen LogP contribution < -0.4 is 21.1 Å². The van der Waals surface area contributed by atoms with Gasteiger partial charge < -0.3 is 21.1 Å². The molecule has 0 fully saturated rings. The van der Waals surface area contributed by atoms with E-state index < -0.39 is 49.4 Å². The molecule has 0 radical (unpaired) electrons. The van der Waals surface area contributed by atoms with Crippen molar-refractivity contribution in [2.75, 3.05) is 12.3 Å². The fourth-order valence-electron chi connectivity index (χ4n) is 2.44. The highest BCUT2D eigenvalue weighted by atomic mass is 32.2. The number of halogens is 4. The number of nitrogens with zero attached hydrogens (tertiary/aromatic N) is 1. The van der Waals surface area contributed by atoms with Crippen LogP contribution in [0.3, 0.4) is 0 Å². The van der Waals surface area contributed by atoms with Gasteiger partial charge in [0.15, 0.2) is 5.69 Å². The Labute approximate surface area is 179 Å². The number of anilines is 1. The second kappa shape index (κ2) is 9.38. The summed E-state index contributed by atoms with van der Waals surface area (Å²) < 4.78 is 79.7. The van der Waals surface area contributed by atoms with Crippen molar-refractivity contribution in [3.05, 3.63) is 42.0 Å². The molecular weight excluding hydrogens is 460 g/mol. The third kappa shape index (κ3) is 6.29. The van der Waals surface area contributed by atoms with E-state index in [0.717, 1.165) is 12.3 Å². The van der Waals surface area contributed by atoms with Gasteiger partial charge in [0.1, 0.15) is 16.5 Å². The van der Waals surface area contributed by atoms with Crippen LogP contribution in [0.4, 0.5) is 23.2 Å². The Kier molecular flexibility index (Phi) is 7.28. The molecule has 4 N–H and O–H groups in total. The van der Waals surface area contributed by atoms with Gasteiger partial charge in [-0.05, 0) is 32.0 Å². The molecule has 1 aromatic heterocycles. The Hall–Kier alpha value is -3.42. The van der Waals surface area contributed by atoms with E-state index in [1.165, 1.54) is 0 Å². The summed E-state index contributed by atoms with van der Waals surface area (Å²) in [6.07, 6.45) is -4.36. The van der Waals surface area contributed by atoms with E-state index >= 15 is 0 Å². The molecule has 0 unspecified atom stereocenters. The molecule has 2 rings (SSSR count). The van der Waals surface area contributed by atoms with Gasteiger partial charge in [-0.25, -0.2) is 17.8 Å². The molecule has 32 heavy (non-hydrogen) atoms. The number of alkyl halides is 3. The van der Waals surface area contributed by atoms with Gasteiger partial charge in [0.2, 0.25) is 15.7 Å². The number of ether oxygens (including phenoxy) is 1. The lowest BCUT2D eigenvalue weighted by atomic mass is 10.3. The highest BCUT2D eigenvalue weighted by Crippen LogP contribution is 2.29. The number of nitrogen functional groups attached to an aromatic ring is 1. The van der Waals surface area contributed by atoms with Crippen LogP contribution in [-0.2, 0) is 14.6 Å². The molecule has 14 heteroatoms. The smallest absolute Gasteiger partial charge is 0.406 e. The molecule has 0 bridgehead atoms. The maximum Gasteiger partial charge on any atom is 0.573 e. The van der Waals surface area contributed by atoms with Crippen LogP contribution in [0.2, 0.25) is 0 Å². The third-order valence-electron chi connectivity index (χ3n) is 3.70. The largest absolute Gasteiger partial charge is 0.573 e. The summed E-state index contributed by atoms with van der Waals surface area (Å²) in [7, 11) is -4.58. The van der Waals surface area contributed by atoms with Gasteiger partial charge in [-0.1, -0.05) is 0 Å². The van der Waals surface area contributed by atoms with Crippen molar-refractivity contribution in [2.24, 2.45) is 0 Å². The summed E-state index contributed by atoms with van der Waals surface area (Å²) >= 11 is 0. The maximum atomic E-state index is 14.2. The van der Waals surface area contributed by atoms with Crippen molar-refractivity contribution in [3.8, 4) is 5.75 Å². The number of hydrogen-bond acceptors (Lipinski definition) is 7. The molecule has 0 atom stereocenters. The summed E-state index contributed by atoms with van der Waals surface area (Å²) in [6.45, 7) is 3.06. The average Bonchev–Trinajstić information content (AvgIpc) is 2.64. The first-order valence-corrected chi connectivity index (χ1v) is 10.3. The minimum absolute atomic E-state index is 0.151. The Morgan fingerprint density at radius 2 is 1.88 bits per heavy atom. The second-order valence-corrected chi connectivity index (χ2v) is 8.58. The Morgan fingerprint density at radius 1 is 1.22 bits per heavy atom. The average molecular weight is 478 g/mol. The van der Waals surface area contributed by atoms with E-state index in [1.807, 2.05) is 0 Å². The number of rotatable bonds is 7. The zero-order chi connectivity index (χ0) is 24.3. The van der Waals surface area contributed by atoms with E-state index in [0.29, 0.717) is 12.1 Å². The summed E-state index contributed by atoms with van der Waals surface area (Å²) in [6, 6.07) is 2.17. The standard InChI is InChI=1S/C18H18F4N4O5S/c1-9(2)26-15(27)8-25-17(28)16-13(23)6-11(7-24-16)32(29,30)14-4-3-10(5-12(14)19)31-18(20,21)22/h3-7,9H,8,23H2,1-2H3,(H,25,28)(H,26,27). The number of sulfone groups is 1. The fourth-order valence-corrected chi connectivity index (χ4v) is 3.73. The van der Waals surface area contributed by atoms with Crippen molar-refractivity contribution in [3.63, 3.8) is 0 Å². The van der Waals surface area contributed by atoms with E-state index in [-0.39, 0.29) is 30.0 Å². The molecule has 0 saturated heterocycles. The summed E-state index contributed by atoms with van der Waals surface area (Å²) in [5, 5.41) is 4.80. The lowest BCUT2D eigenvalue weighted by Gasteiger charge is -2.12. The Bertz CT molecular complexity index is 1140. The van der Waals surface area contributed by atoms with E-state index in [9.17, 15) is 35.6 Å². The predicted molar refractivity (Wildman–Crippen MR) is 103 cm³/mol. The first-order chi connectivity index (χ1) is 14.7. The molecule has 9 nitrogen and oxygen atoms in total. The Balaban J connectivity index is 2.24. The van der Waals surface area contributed by atoms with Crippen molar-refractivity contribution in [2.45, 2.75) is 36.0 Å². The monoisotopic (exact) mass is 478 g/mol. The number of benzene rings is 1. The van der Waals surface area contributed by atoms with Gasteiger partial charge >= 0.3 is 6.36 Å². The summed E-state index contributed by atoms with van der Waals surface area (Å²) in [5.74, 6) is -3.77. The first-order valence-electron chi connectivity index (χ1n) is 8.84. The molecule has 174 valence electrons. The SMILES string of the molecule is CC(C)NC(=O)CNC(=O)c1ncc(S(=O)(=O)c2ccc(OC(F)(F)F)cc2F)cc1N. The molecule has 2 amide bonds. The zero-order valence-corrected chi connectivity index (χ0v) is 17.5. The fraction of sp³-hybridized carbons (Fsp3) is 0.278. The lowest BCUT2D eigenvalue weighted by molar-refractivity contribution is -0.274. The Morgan fingerprint density at radius 3 is 2.41 bits per heavy atom. The zero-order valence-electron chi connectivity index (χ0n) is 16.7. The van der Waals surface area contributed by atoms with Gasteiger partial charge in [-0.15, -0.1) is 13.2 Å². The van der Waals surface area contributed by atoms with E-state index in [4.69, 9.17) is 5.73 Å². The quantitative estimate of drug-likeness (QED) is 0.516. The normalized spacial score (nSPS) is 11.8. The summed E-state index contributed by atoms with van der Waals surface area (Å²) in [4.78, 5) is 25.8. The number of nitrogens with two attached hydrogens (primary N) is 1. The highest BCUT2D eigenvalue weighted by molar-refractivity contribution is 7.91. The highest BCUT2D eigenvalue weighted by Gasteiger charge is 2.32. The molecule has 2 aromatic rings. The first kappa shape index (κ1) is 24.8. The molecule has 0 aliphatic heterocycles. The van der Waals surface area contributed by atoms with Crippen LogP contribution in [0.1, 0.15) is 24.3 Å². The van der Waals surface area contributed by atoms with Crippen molar-refractivity contribution >= 4 is 27.3 Å². The van der Waals surface area contributed by atoms with Gasteiger partial charge in [0.25, 0.3) is 5.91 Å². The molecule has 0 aliphatic carbocycles. The minimum Gasteiger partial charge on any atom is -0.406 e. The number of amides is 2.